The monoisotopic (exact) mass is 455 g/mol. The van der Waals surface area contributed by atoms with Gasteiger partial charge in [0.25, 0.3) is 0 Å². The summed E-state index contributed by atoms with van der Waals surface area (Å²) in [6.07, 6.45) is -0.158. The predicted molar refractivity (Wildman–Crippen MR) is 116 cm³/mol. The van der Waals surface area contributed by atoms with E-state index in [0.717, 1.165) is 27.2 Å². The van der Waals surface area contributed by atoms with Crippen molar-refractivity contribution in [1.29, 1.82) is 0 Å². The molecule has 1 aliphatic carbocycles. The van der Waals surface area contributed by atoms with Crippen molar-refractivity contribution in [2.75, 3.05) is 0 Å². The van der Waals surface area contributed by atoms with E-state index < -0.39 is 24.2 Å². The number of benzene rings is 2. The summed E-state index contributed by atoms with van der Waals surface area (Å²) in [4.78, 5) is 38.5. The van der Waals surface area contributed by atoms with Crippen LogP contribution in [0.2, 0.25) is 5.02 Å². The average Bonchev–Trinajstić information content (AvgIpc) is 3.16. The van der Waals surface area contributed by atoms with Crippen molar-refractivity contribution in [2.45, 2.75) is 57.4 Å². The number of likely N-dealkylation sites (tertiary alicyclic amines) is 1. The number of aryl methyl sites for hydroxylation is 1. The Morgan fingerprint density at radius 1 is 1.09 bits per heavy atom. The van der Waals surface area contributed by atoms with Gasteiger partial charge in [0, 0.05) is 22.2 Å². The van der Waals surface area contributed by atoms with E-state index in [1.54, 1.807) is 13.0 Å². The number of halogens is 1. The van der Waals surface area contributed by atoms with Gasteiger partial charge in [0.15, 0.2) is 6.10 Å². The maximum atomic E-state index is 13.1. The summed E-state index contributed by atoms with van der Waals surface area (Å²) in [5, 5.41) is 10.1. The number of amides is 1. The SMILES string of the molecule is CC1CCC(C(=O)OC2CCc3cc4c(cc3C2=O)OCc2cc(Cl)ccc2-4)N1C(=O)O. The summed E-state index contributed by atoms with van der Waals surface area (Å²) in [5.41, 5.74) is 4.31. The van der Waals surface area contributed by atoms with Crippen LogP contribution >= 0.6 is 11.6 Å². The molecule has 0 radical (unpaired) electrons. The van der Waals surface area contributed by atoms with E-state index in [2.05, 4.69) is 0 Å². The molecule has 0 aromatic heterocycles. The highest BCUT2D eigenvalue weighted by atomic mass is 35.5. The number of rotatable bonds is 2. The minimum absolute atomic E-state index is 0.255. The van der Waals surface area contributed by atoms with E-state index >= 15 is 0 Å². The molecule has 0 bridgehead atoms. The number of carbonyl (C=O) groups excluding carboxylic acids is 2. The Hall–Kier alpha value is -3.06. The van der Waals surface area contributed by atoms with E-state index in [1.165, 1.54) is 0 Å². The molecule has 2 aliphatic heterocycles. The highest BCUT2D eigenvalue weighted by molar-refractivity contribution is 6.30. The minimum Gasteiger partial charge on any atom is -0.488 e. The summed E-state index contributed by atoms with van der Waals surface area (Å²) in [6, 6.07) is 8.24. The molecule has 8 heteroatoms. The van der Waals surface area contributed by atoms with Gasteiger partial charge in [0.2, 0.25) is 5.78 Å². The van der Waals surface area contributed by atoms with E-state index in [9.17, 15) is 19.5 Å². The summed E-state index contributed by atoms with van der Waals surface area (Å²) < 4.78 is 11.4. The summed E-state index contributed by atoms with van der Waals surface area (Å²) in [6.45, 7) is 2.12. The van der Waals surface area contributed by atoms with E-state index in [1.807, 2.05) is 24.3 Å². The van der Waals surface area contributed by atoms with Gasteiger partial charge in [0.05, 0.1) is 0 Å². The predicted octanol–water partition coefficient (Wildman–Crippen LogP) is 4.47. The Morgan fingerprint density at radius 2 is 1.91 bits per heavy atom. The van der Waals surface area contributed by atoms with Gasteiger partial charge in [-0.25, -0.2) is 9.59 Å². The van der Waals surface area contributed by atoms with Crippen molar-refractivity contribution in [3.63, 3.8) is 0 Å². The molecule has 0 spiro atoms. The largest absolute Gasteiger partial charge is 0.488 e. The van der Waals surface area contributed by atoms with E-state index in [0.29, 0.717) is 48.6 Å². The first-order valence-electron chi connectivity index (χ1n) is 10.7. The number of esters is 1. The third-order valence-electron chi connectivity index (χ3n) is 6.60. The molecular formula is C24H22ClNO6. The lowest BCUT2D eigenvalue weighted by Gasteiger charge is -2.29. The quantitative estimate of drug-likeness (QED) is 0.671. The van der Waals surface area contributed by atoms with Crippen LogP contribution in [0.15, 0.2) is 30.3 Å². The van der Waals surface area contributed by atoms with Crippen molar-refractivity contribution in [3.05, 3.63) is 52.0 Å². The zero-order valence-electron chi connectivity index (χ0n) is 17.5. The van der Waals surface area contributed by atoms with Gasteiger partial charge in [-0.1, -0.05) is 17.7 Å². The molecular weight excluding hydrogens is 434 g/mol. The zero-order valence-corrected chi connectivity index (χ0v) is 18.2. The Bertz CT molecular complexity index is 1150. The van der Waals surface area contributed by atoms with Gasteiger partial charge in [-0.05, 0) is 73.6 Å². The normalized spacial score (nSPS) is 23.6. The zero-order chi connectivity index (χ0) is 22.6. The number of hydrogen-bond acceptors (Lipinski definition) is 5. The third-order valence-corrected chi connectivity index (χ3v) is 6.83. The second-order valence-corrected chi connectivity index (χ2v) is 8.99. The summed E-state index contributed by atoms with van der Waals surface area (Å²) in [5.74, 6) is -0.319. The molecule has 166 valence electrons. The van der Waals surface area contributed by atoms with E-state index in [4.69, 9.17) is 21.1 Å². The summed E-state index contributed by atoms with van der Waals surface area (Å²) >= 11 is 6.10. The van der Waals surface area contributed by atoms with Crippen molar-refractivity contribution < 1.29 is 29.0 Å². The van der Waals surface area contributed by atoms with Crippen LogP contribution in [0.25, 0.3) is 11.1 Å². The van der Waals surface area contributed by atoms with Crippen LogP contribution in [-0.2, 0) is 22.6 Å². The van der Waals surface area contributed by atoms with Gasteiger partial charge in [-0.15, -0.1) is 0 Å². The van der Waals surface area contributed by atoms with Crippen LogP contribution in [0.3, 0.4) is 0 Å². The van der Waals surface area contributed by atoms with Crippen LogP contribution < -0.4 is 4.74 Å². The van der Waals surface area contributed by atoms with Crippen molar-refractivity contribution in [1.82, 2.24) is 4.90 Å². The van der Waals surface area contributed by atoms with Gasteiger partial charge >= 0.3 is 12.1 Å². The van der Waals surface area contributed by atoms with Gasteiger partial charge in [0.1, 0.15) is 18.4 Å². The molecule has 3 aliphatic rings. The number of carbonyl (C=O) groups is 3. The first-order valence-corrected chi connectivity index (χ1v) is 11.1. The molecule has 1 saturated heterocycles. The van der Waals surface area contributed by atoms with Crippen molar-refractivity contribution >= 4 is 29.4 Å². The smallest absolute Gasteiger partial charge is 0.408 e. The number of ether oxygens (including phenoxy) is 2. The fraction of sp³-hybridized carbons (Fsp3) is 0.375. The second kappa shape index (κ2) is 7.81. The number of Topliss-reactive ketones (excluding diaryl/α,β-unsaturated/α-hetero) is 1. The fourth-order valence-electron chi connectivity index (χ4n) is 4.95. The van der Waals surface area contributed by atoms with Gasteiger partial charge in [-0.3, -0.25) is 9.69 Å². The van der Waals surface area contributed by atoms with Crippen molar-refractivity contribution in [2.24, 2.45) is 0 Å². The molecule has 1 fully saturated rings. The first-order chi connectivity index (χ1) is 15.3. The lowest BCUT2D eigenvalue weighted by molar-refractivity contribution is -0.152. The maximum absolute atomic E-state index is 13.1. The Balaban J connectivity index is 1.38. The maximum Gasteiger partial charge on any atom is 0.408 e. The van der Waals surface area contributed by atoms with Crippen molar-refractivity contribution in [3.8, 4) is 16.9 Å². The van der Waals surface area contributed by atoms with E-state index in [-0.39, 0.29) is 11.8 Å². The van der Waals surface area contributed by atoms with Crippen LogP contribution in [-0.4, -0.2) is 46.0 Å². The molecule has 3 atom stereocenters. The minimum atomic E-state index is -1.15. The first kappa shape index (κ1) is 20.8. The molecule has 2 aromatic carbocycles. The highest BCUT2D eigenvalue weighted by Crippen LogP contribution is 2.42. The summed E-state index contributed by atoms with van der Waals surface area (Å²) in [7, 11) is 0. The van der Waals surface area contributed by atoms with Crippen LogP contribution in [0, 0.1) is 0 Å². The molecule has 32 heavy (non-hydrogen) atoms. The third kappa shape index (κ3) is 3.41. The highest BCUT2D eigenvalue weighted by Gasteiger charge is 2.42. The lowest BCUT2D eigenvalue weighted by atomic mass is 9.85. The van der Waals surface area contributed by atoms with Gasteiger partial charge < -0.3 is 14.6 Å². The molecule has 3 unspecified atom stereocenters. The fourth-order valence-corrected chi connectivity index (χ4v) is 5.15. The number of nitrogens with zero attached hydrogens (tertiary/aromatic N) is 1. The number of ketones is 1. The molecule has 1 amide bonds. The van der Waals surface area contributed by atoms with Crippen LogP contribution in [0.5, 0.6) is 5.75 Å². The Labute approximate surface area is 189 Å². The number of hydrogen-bond donors (Lipinski definition) is 1. The second-order valence-electron chi connectivity index (χ2n) is 8.56. The standard InChI is InChI=1S/C24H22ClNO6/c1-12-2-6-19(26(12)24(29)30)23(28)32-20-7-3-13-9-18-16-5-4-15(25)8-14(16)11-31-21(18)10-17(13)22(20)27/h4-5,8-10,12,19-20H,2-3,6-7,11H2,1H3,(H,29,30). The Morgan fingerprint density at radius 3 is 2.69 bits per heavy atom. The lowest BCUT2D eigenvalue weighted by Crippen LogP contribution is -2.46. The Kier molecular flexibility index (Phi) is 5.08. The molecule has 2 aromatic rings. The van der Waals surface area contributed by atoms with Crippen LogP contribution in [0.4, 0.5) is 4.79 Å². The number of fused-ring (bicyclic) bond motifs is 4. The molecule has 7 nitrogen and oxygen atoms in total. The molecule has 2 heterocycles. The molecule has 0 saturated carbocycles. The topological polar surface area (TPSA) is 93.1 Å². The van der Waals surface area contributed by atoms with Gasteiger partial charge in [-0.2, -0.15) is 0 Å². The number of carboxylic acid groups (broad SMARTS) is 1. The average molecular weight is 456 g/mol. The molecule has 5 rings (SSSR count). The molecule has 1 N–H and O–H groups in total. The van der Waals surface area contributed by atoms with Crippen LogP contribution in [0.1, 0.15) is 47.7 Å².